The number of amides is 1. The third-order valence-corrected chi connectivity index (χ3v) is 3.95. The minimum atomic E-state index is -0.258. The van der Waals surface area contributed by atoms with Crippen molar-refractivity contribution in [2.75, 3.05) is 5.32 Å². The van der Waals surface area contributed by atoms with Crippen LogP contribution in [0.3, 0.4) is 0 Å². The van der Waals surface area contributed by atoms with E-state index in [-0.39, 0.29) is 11.0 Å². The van der Waals surface area contributed by atoms with Gasteiger partial charge < -0.3 is 14.6 Å². The molecule has 3 aromatic rings. The van der Waals surface area contributed by atoms with E-state index in [1.165, 1.54) is 0 Å². The van der Waals surface area contributed by atoms with E-state index in [2.05, 4.69) is 10.6 Å². The van der Waals surface area contributed by atoms with E-state index in [1.54, 1.807) is 29.9 Å². The Balaban J connectivity index is 1.57. The molecule has 0 saturated carbocycles. The number of hydrogen-bond acceptors (Lipinski definition) is 3. The highest BCUT2D eigenvalue weighted by molar-refractivity contribution is 7.80. The highest BCUT2D eigenvalue weighted by Gasteiger charge is 2.10. The summed E-state index contributed by atoms with van der Waals surface area (Å²) in [4.78, 5) is 12.2. The Labute approximate surface area is 157 Å². The van der Waals surface area contributed by atoms with Crippen LogP contribution in [0, 0.1) is 0 Å². The molecule has 132 valence electrons. The van der Waals surface area contributed by atoms with Gasteiger partial charge in [0.05, 0.1) is 0 Å². The third kappa shape index (κ3) is 4.70. The van der Waals surface area contributed by atoms with Gasteiger partial charge in [0.2, 0.25) is 0 Å². The van der Waals surface area contributed by atoms with Crippen LogP contribution in [0.25, 0.3) is 0 Å². The Morgan fingerprint density at radius 1 is 1.08 bits per heavy atom. The van der Waals surface area contributed by atoms with Crippen molar-refractivity contribution in [3.8, 4) is 5.75 Å². The number of ether oxygens (including phenoxy) is 1. The number of aromatic nitrogens is 1. The van der Waals surface area contributed by atoms with E-state index >= 15 is 0 Å². The molecule has 2 N–H and O–H groups in total. The molecule has 0 unspecified atom stereocenters. The predicted molar refractivity (Wildman–Crippen MR) is 106 cm³/mol. The van der Waals surface area contributed by atoms with Crippen molar-refractivity contribution >= 4 is 28.9 Å². The van der Waals surface area contributed by atoms with Crippen LogP contribution < -0.4 is 15.4 Å². The summed E-state index contributed by atoms with van der Waals surface area (Å²) >= 11 is 5.22. The Kier molecular flexibility index (Phi) is 5.66. The zero-order chi connectivity index (χ0) is 18.4. The Morgan fingerprint density at radius 3 is 2.62 bits per heavy atom. The zero-order valence-corrected chi connectivity index (χ0v) is 15.1. The molecule has 1 heterocycles. The average molecular weight is 365 g/mol. The second-order valence-corrected chi connectivity index (χ2v) is 6.12. The van der Waals surface area contributed by atoms with Crippen molar-refractivity contribution in [1.29, 1.82) is 0 Å². The van der Waals surface area contributed by atoms with Gasteiger partial charge in [0.15, 0.2) is 5.11 Å². The van der Waals surface area contributed by atoms with E-state index in [0.717, 1.165) is 17.0 Å². The van der Waals surface area contributed by atoms with Gasteiger partial charge in [0.1, 0.15) is 18.1 Å². The second kappa shape index (κ2) is 8.31. The van der Waals surface area contributed by atoms with Crippen LogP contribution in [0.2, 0.25) is 0 Å². The number of carbonyl (C=O) groups excluding carboxylic acids is 1. The smallest absolute Gasteiger partial charge is 0.274 e. The van der Waals surface area contributed by atoms with Gasteiger partial charge in [0.25, 0.3) is 5.91 Å². The van der Waals surface area contributed by atoms with E-state index in [4.69, 9.17) is 17.0 Å². The largest absolute Gasteiger partial charge is 0.489 e. The highest BCUT2D eigenvalue weighted by atomic mass is 32.1. The van der Waals surface area contributed by atoms with Gasteiger partial charge in [-0.15, -0.1) is 0 Å². The van der Waals surface area contributed by atoms with Gasteiger partial charge in [0, 0.05) is 25.0 Å². The average Bonchev–Trinajstić information content (AvgIpc) is 3.07. The lowest BCUT2D eigenvalue weighted by Gasteiger charge is -2.12. The molecule has 6 heteroatoms. The molecule has 26 heavy (non-hydrogen) atoms. The molecule has 0 saturated heterocycles. The number of carbonyl (C=O) groups is 1. The first-order valence-electron chi connectivity index (χ1n) is 8.12. The topological polar surface area (TPSA) is 55.3 Å². The molecular formula is C20H19N3O2S. The quantitative estimate of drug-likeness (QED) is 0.677. The molecule has 3 rings (SSSR count). The molecule has 0 radical (unpaired) electrons. The molecular weight excluding hydrogens is 346 g/mol. The lowest BCUT2D eigenvalue weighted by Crippen LogP contribution is -2.35. The molecule has 0 bridgehead atoms. The number of anilines is 1. The van der Waals surface area contributed by atoms with E-state index in [0.29, 0.717) is 12.3 Å². The first kappa shape index (κ1) is 17.7. The maximum absolute atomic E-state index is 12.2. The summed E-state index contributed by atoms with van der Waals surface area (Å²) in [7, 11) is 1.80. The first-order chi connectivity index (χ1) is 12.6. The number of nitrogens with one attached hydrogen (secondary N) is 2. The molecule has 0 atom stereocenters. The van der Waals surface area contributed by atoms with Crippen molar-refractivity contribution in [3.05, 3.63) is 84.2 Å². The van der Waals surface area contributed by atoms with Crippen LogP contribution >= 0.6 is 12.2 Å². The van der Waals surface area contributed by atoms with Crippen LogP contribution in [0.5, 0.6) is 5.75 Å². The summed E-state index contributed by atoms with van der Waals surface area (Å²) in [6.45, 7) is 0.485. The van der Waals surface area contributed by atoms with E-state index in [1.807, 2.05) is 54.6 Å². The van der Waals surface area contributed by atoms with Gasteiger partial charge in [-0.1, -0.05) is 36.4 Å². The minimum Gasteiger partial charge on any atom is -0.489 e. The van der Waals surface area contributed by atoms with Crippen LogP contribution in [-0.2, 0) is 13.7 Å². The molecule has 0 aliphatic rings. The second-order valence-electron chi connectivity index (χ2n) is 5.71. The molecule has 0 fully saturated rings. The Morgan fingerprint density at radius 2 is 1.88 bits per heavy atom. The van der Waals surface area contributed by atoms with Gasteiger partial charge in [-0.2, -0.15) is 0 Å². The first-order valence-corrected chi connectivity index (χ1v) is 8.53. The molecule has 0 spiro atoms. The lowest BCUT2D eigenvalue weighted by atomic mass is 10.2. The molecule has 1 amide bonds. The molecule has 1 aromatic heterocycles. The van der Waals surface area contributed by atoms with Gasteiger partial charge in [-0.25, -0.2) is 0 Å². The van der Waals surface area contributed by atoms with Gasteiger partial charge in [-0.05, 0) is 42.0 Å². The Bertz CT molecular complexity index is 906. The molecule has 0 aliphatic heterocycles. The number of aryl methyl sites for hydroxylation is 1. The minimum absolute atomic E-state index is 0.233. The Hall–Kier alpha value is -3.12. The molecule has 2 aromatic carbocycles. The maximum atomic E-state index is 12.2. The third-order valence-electron chi connectivity index (χ3n) is 3.74. The monoisotopic (exact) mass is 365 g/mol. The summed E-state index contributed by atoms with van der Waals surface area (Å²) in [5, 5.41) is 5.90. The van der Waals surface area contributed by atoms with Crippen LogP contribution in [0.4, 0.5) is 5.69 Å². The SMILES string of the molecule is Cn1cccc1C(=O)NC(=S)Nc1cccc(OCc2ccccc2)c1. The van der Waals surface area contributed by atoms with Crippen molar-refractivity contribution in [1.82, 2.24) is 9.88 Å². The fourth-order valence-corrected chi connectivity index (χ4v) is 2.64. The fraction of sp³-hybridized carbons (Fsp3) is 0.100. The van der Waals surface area contributed by atoms with E-state index < -0.39 is 0 Å². The van der Waals surface area contributed by atoms with Crippen molar-refractivity contribution in [2.24, 2.45) is 7.05 Å². The summed E-state index contributed by atoms with van der Waals surface area (Å²) in [6.07, 6.45) is 1.80. The summed E-state index contributed by atoms with van der Waals surface area (Å²) in [5.74, 6) is 0.460. The number of hydrogen-bond donors (Lipinski definition) is 2. The van der Waals surface area contributed by atoms with Crippen molar-refractivity contribution in [2.45, 2.75) is 6.61 Å². The summed E-state index contributed by atoms with van der Waals surface area (Å²) in [5.41, 5.74) is 2.37. The standard InChI is InChI=1S/C20H19N3O2S/c1-23-12-6-11-18(23)19(24)22-20(26)21-16-9-5-10-17(13-16)25-14-15-7-3-2-4-8-15/h2-13H,14H2,1H3,(H2,21,22,24,26). The van der Waals surface area contributed by atoms with Gasteiger partial charge in [-0.3, -0.25) is 10.1 Å². The molecule has 5 nitrogen and oxygen atoms in total. The number of nitrogens with zero attached hydrogens (tertiary/aromatic N) is 1. The highest BCUT2D eigenvalue weighted by Crippen LogP contribution is 2.18. The van der Waals surface area contributed by atoms with Gasteiger partial charge >= 0.3 is 0 Å². The molecule has 0 aliphatic carbocycles. The van der Waals surface area contributed by atoms with Crippen molar-refractivity contribution < 1.29 is 9.53 Å². The predicted octanol–water partition coefficient (Wildman–Crippen LogP) is 3.73. The van der Waals surface area contributed by atoms with E-state index in [9.17, 15) is 4.79 Å². The maximum Gasteiger partial charge on any atom is 0.274 e. The lowest BCUT2D eigenvalue weighted by molar-refractivity contribution is 0.0970. The number of thiocarbonyl (C=S) groups is 1. The van der Waals surface area contributed by atoms with Crippen molar-refractivity contribution in [3.63, 3.8) is 0 Å². The fourth-order valence-electron chi connectivity index (χ4n) is 2.43. The number of rotatable bonds is 5. The van der Waals surface area contributed by atoms with Crippen LogP contribution in [0.15, 0.2) is 72.9 Å². The van der Waals surface area contributed by atoms with Crippen LogP contribution in [0.1, 0.15) is 16.1 Å². The summed E-state index contributed by atoms with van der Waals surface area (Å²) < 4.78 is 7.53. The van der Waals surface area contributed by atoms with Crippen LogP contribution in [-0.4, -0.2) is 15.6 Å². The zero-order valence-electron chi connectivity index (χ0n) is 14.3. The normalized spacial score (nSPS) is 10.2. The number of benzene rings is 2. The summed E-state index contributed by atoms with van der Waals surface area (Å²) in [6, 6.07) is 20.9.